The number of nitrogens with two attached hydrogens (primary N) is 1. The number of halogens is 2. The van der Waals surface area contributed by atoms with Crippen molar-refractivity contribution in [1.82, 2.24) is 4.98 Å². The van der Waals surface area contributed by atoms with Crippen LogP contribution in [0, 0.1) is 5.92 Å². The van der Waals surface area contributed by atoms with Crippen molar-refractivity contribution >= 4 is 27.5 Å². The van der Waals surface area contributed by atoms with E-state index < -0.39 is 0 Å². The molecule has 15 heavy (non-hydrogen) atoms. The summed E-state index contributed by atoms with van der Waals surface area (Å²) in [6, 6.07) is 1.78. The molecule has 2 N–H and O–H groups in total. The molecule has 0 bridgehead atoms. The molecule has 1 aromatic heterocycles. The second kappa shape index (κ2) is 4.68. The molecule has 1 aliphatic carbocycles. The summed E-state index contributed by atoms with van der Waals surface area (Å²) in [6.45, 7) is 0.737. The third-order valence-electron chi connectivity index (χ3n) is 2.58. The van der Waals surface area contributed by atoms with E-state index in [0.29, 0.717) is 16.8 Å². The average Bonchev–Trinajstić information content (AvgIpc) is 2.13. The number of rotatable bonds is 3. The molecule has 1 aliphatic rings. The van der Waals surface area contributed by atoms with Crippen molar-refractivity contribution in [2.45, 2.75) is 18.9 Å². The first-order chi connectivity index (χ1) is 7.19. The highest BCUT2D eigenvalue weighted by molar-refractivity contribution is 9.10. The quantitative estimate of drug-likeness (QED) is 0.931. The standard InChI is InChI=1S/C10H12BrClN2O/c11-7-3-9(12)10(14-5-7)15-8-1-6(2-8)4-13/h3,5-6,8H,1-2,4,13H2. The van der Waals surface area contributed by atoms with Crippen LogP contribution in [0.5, 0.6) is 5.88 Å². The van der Waals surface area contributed by atoms with Crippen LogP contribution in [0.1, 0.15) is 12.8 Å². The van der Waals surface area contributed by atoms with Gasteiger partial charge in [-0.05, 0) is 47.3 Å². The van der Waals surface area contributed by atoms with Crippen molar-refractivity contribution in [1.29, 1.82) is 0 Å². The predicted octanol–water partition coefficient (Wildman–Crippen LogP) is 2.61. The fourth-order valence-electron chi connectivity index (χ4n) is 1.61. The number of hydrogen-bond acceptors (Lipinski definition) is 3. The Kier molecular flexibility index (Phi) is 3.49. The molecule has 2 rings (SSSR count). The third kappa shape index (κ3) is 2.62. The molecule has 0 aromatic carbocycles. The van der Waals surface area contributed by atoms with Gasteiger partial charge < -0.3 is 10.5 Å². The van der Waals surface area contributed by atoms with E-state index in [1.807, 2.05) is 0 Å². The van der Waals surface area contributed by atoms with Gasteiger partial charge in [0.05, 0.1) is 0 Å². The van der Waals surface area contributed by atoms with Gasteiger partial charge in [-0.25, -0.2) is 4.98 Å². The highest BCUT2D eigenvalue weighted by Crippen LogP contribution is 2.33. The first-order valence-corrected chi connectivity index (χ1v) is 6.04. The molecule has 1 saturated carbocycles. The molecule has 82 valence electrons. The lowest BCUT2D eigenvalue weighted by atomic mass is 9.82. The van der Waals surface area contributed by atoms with Crippen molar-refractivity contribution in [2.75, 3.05) is 6.54 Å². The van der Waals surface area contributed by atoms with Gasteiger partial charge in [-0.15, -0.1) is 0 Å². The Morgan fingerprint density at radius 2 is 2.33 bits per heavy atom. The van der Waals surface area contributed by atoms with E-state index in [9.17, 15) is 0 Å². The van der Waals surface area contributed by atoms with E-state index in [1.165, 1.54) is 0 Å². The lowest BCUT2D eigenvalue weighted by molar-refractivity contribution is 0.0649. The molecule has 5 heteroatoms. The summed E-state index contributed by atoms with van der Waals surface area (Å²) >= 11 is 9.28. The molecule has 0 unspecified atom stereocenters. The molecule has 1 fully saturated rings. The topological polar surface area (TPSA) is 48.1 Å². The second-order valence-corrected chi connectivity index (χ2v) is 5.08. The molecule has 1 heterocycles. The van der Waals surface area contributed by atoms with E-state index in [4.69, 9.17) is 22.1 Å². The first kappa shape index (κ1) is 11.2. The van der Waals surface area contributed by atoms with Crippen LogP contribution in [0.15, 0.2) is 16.7 Å². The summed E-state index contributed by atoms with van der Waals surface area (Å²) in [4.78, 5) is 4.12. The Balaban J connectivity index is 1.94. The summed E-state index contributed by atoms with van der Waals surface area (Å²) in [5.41, 5.74) is 5.54. The zero-order valence-electron chi connectivity index (χ0n) is 8.12. The van der Waals surface area contributed by atoms with Gasteiger partial charge in [0.25, 0.3) is 0 Å². The summed E-state index contributed by atoms with van der Waals surface area (Å²) in [7, 11) is 0. The highest BCUT2D eigenvalue weighted by atomic mass is 79.9. The zero-order chi connectivity index (χ0) is 10.8. The Morgan fingerprint density at radius 3 is 2.93 bits per heavy atom. The summed E-state index contributed by atoms with van der Waals surface area (Å²) in [5.74, 6) is 1.12. The van der Waals surface area contributed by atoms with Gasteiger partial charge in [0, 0.05) is 10.7 Å². The summed E-state index contributed by atoms with van der Waals surface area (Å²) in [5, 5.41) is 0.542. The van der Waals surface area contributed by atoms with Gasteiger partial charge in [-0.2, -0.15) is 0 Å². The molecule has 3 nitrogen and oxygen atoms in total. The van der Waals surface area contributed by atoms with Crippen LogP contribution in [0.3, 0.4) is 0 Å². The molecule has 0 radical (unpaired) electrons. The van der Waals surface area contributed by atoms with Gasteiger partial charge in [0.2, 0.25) is 5.88 Å². The minimum Gasteiger partial charge on any atom is -0.473 e. The van der Waals surface area contributed by atoms with Crippen LogP contribution in [-0.4, -0.2) is 17.6 Å². The predicted molar refractivity (Wildman–Crippen MR) is 63.1 cm³/mol. The van der Waals surface area contributed by atoms with E-state index >= 15 is 0 Å². The van der Waals surface area contributed by atoms with Gasteiger partial charge in [-0.3, -0.25) is 0 Å². The molecule has 0 saturated heterocycles. The maximum absolute atomic E-state index is 5.98. The molecular weight excluding hydrogens is 279 g/mol. The van der Waals surface area contributed by atoms with Crippen LogP contribution in [0.25, 0.3) is 0 Å². The fraction of sp³-hybridized carbons (Fsp3) is 0.500. The van der Waals surface area contributed by atoms with Crippen LogP contribution in [0.2, 0.25) is 5.02 Å². The minimum absolute atomic E-state index is 0.227. The molecule has 0 atom stereocenters. The Labute approximate surface area is 102 Å². The highest BCUT2D eigenvalue weighted by Gasteiger charge is 2.30. The molecule has 0 aliphatic heterocycles. The second-order valence-electron chi connectivity index (χ2n) is 3.75. The number of ether oxygens (including phenoxy) is 1. The van der Waals surface area contributed by atoms with Gasteiger partial charge in [0.1, 0.15) is 11.1 Å². The SMILES string of the molecule is NCC1CC(Oc2ncc(Br)cc2Cl)C1. The number of hydrogen-bond donors (Lipinski definition) is 1. The normalized spacial score (nSPS) is 24.7. The number of pyridine rings is 1. The number of nitrogens with zero attached hydrogens (tertiary/aromatic N) is 1. The third-order valence-corrected chi connectivity index (χ3v) is 3.28. The zero-order valence-corrected chi connectivity index (χ0v) is 10.5. The lowest BCUT2D eigenvalue weighted by Gasteiger charge is -2.34. The molecular formula is C10H12BrClN2O. The van der Waals surface area contributed by atoms with Crippen molar-refractivity contribution in [3.05, 3.63) is 21.8 Å². The maximum Gasteiger partial charge on any atom is 0.232 e. The van der Waals surface area contributed by atoms with Crippen molar-refractivity contribution < 1.29 is 4.74 Å². The van der Waals surface area contributed by atoms with Crippen LogP contribution >= 0.6 is 27.5 Å². The lowest BCUT2D eigenvalue weighted by Crippen LogP contribution is -2.37. The van der Waals surface area contributed by atoms with E-state index in [2.05, 4.69) is 20.9 Å². The Hall–Kier alpha value is -0.320. The van der Waals surface area contributed by atoms with E-state index in [1.54, 1.807) is 12.3 Å². The van der Waals surface area contributed by atoms with Crippen LogP contribution < -0.4 is 10.5 Å². The largest absolute Gasteiger partial charge is 0.473 e. The smallest absolute Gasteiger partial charge is 0.232 e. The van der Waals surface area contributed by atoms with Gasteiger partial charge in [-0.1, -0.05) is 11.6 Å². The molecule has 0 amide bonds. The van der Waals surface area contributed by atoms with E-state index in [-0.39, 0.29) is 6.10 Å². The summed E-state index contributed by atoms with van der Waals surface area (Å²) < 4.78 is 6.50. The maximum atomic E-state index is 5.98. The van der Waals surface area contributed by atoms with Gasteiger partial charge >= 0.3 is 0 Å². The first-order valence-electron chi connectivity index (χ1n) is 4.87. The van der Waals surface area contributed by atoms with Gasteiger partial charge in [0.15, 0.2) is 0 Å². The Bertz CT molecular complexity index is 355. The van der Waals surface area contributed by atoms with Crippen molar-refractivity contribution in [3.8, 4) is 5.88 Å². The monoisotopic (exact) mass is 290 g/mol. The average molecular weight is 292 g/mol. The van der Waals surface area contributed by atoms with Crippen LogP contribution in [0.4, 0.5) is 0 Å². The molecule has 0 spiro atoms. The number of aromatic nitrogens is 1. The molecule has 1 aromatic rings. The van der Waals surface area contributed by atoms with Crippen molar-refractivity contribution in [3.63, 3.8) is 0 Å². The fourth-order valence-corrected chi connectivity index (χ4v) is 2.28. The minimum atomic E-state index is 0.227. The van der Waals surface area contributed by atoms with E-state index in [0.717, 1.165) is 23.9 Å². The Morgan fingerprint density at radius 1 is 1.60 bits per heavy atom. The summed E-state index contributed by atoms with van der Waals surface area (Å²) in [6.07, 6.45) is 3.92. The van der Waals surface area contributed by atoms with Crippen molar-refractivity contribution in [2.24, 2.45) is 11.7 Å². The van der Waals surface area contributed by atoms with Crippen LogP contribution in [-0.2, 0) is 0 Å².